The second-order valence-electron chi connectivity index (χ2n) is 3.76. The Morgan fingerprint density at radius 3 is 2.82 bits per heavy atom. The zero-order valence-corrected chi connectivity index (χ0v) is 10.5. The highest BCUT2D eigenvalue weighted by molar-refractivity contribution is 6.30. The normalized spacial score (nSPS) is 10.6. The molecule has 0 radical (unpaired) electrons. The van der Waals surface area contributed by atoms with Gasteiger partial charge in [-0.15, -0.1) is 0 Å². The van der Waals surface area contributed by atoms with Crippen LogP contribution in [0.2, 0.25) is 5.15 Å². The molecule has 1 heterocycles. The smallest absolute Gasteiger partial charge is 0.152 e. The minimum atomic E-state index is 0.333. The van der Waals surface area contributed by atoms with Gasteiger partial charge in [0.05, 0.1) is 18.4 Å². The highest BCUT2D eigenvalue weighted by Crippen LogP contribution is 2.30. The summed E-state index contributed by atoms with van der Waals surface area (Å²) in [6, 6.07) is 5.88. The molecule has 3 N–H and O–H groups in total. The van der Waals surface area contributed by atoms with Gasteiger partial charge in [-0.05, 0) is 19.1 Å². The molecule has 0 aliphatic rings. The van der Waals surface area contributed by atoms with Gasteiger partial charge in [-0.25, -0.2) is 4.98 Å². The molecule has 0 fully saturated rings. The van der Waals surface area contributed by atoms with Crippen LogP contribution in [0, 0.1) is 6.92 Å². The molecule has 0 unspecified atom stereocenters. The summed E-state index contributed by atoms with van der Waals surface area (Å²) in [5.74, 6) is 1.43. The summed E-state index contributed by atoms with van der Waals surface area (Å²) in [6.45, 7) is 2.34. The lowest BCUT2D eigenvalue weighted by Gasteiger charge is -2.06. The lowest BCUT2D eigenvalue weighted by atomic mass is 10.1. The molecule has 0 bridgehead atoms. The SMILES string of the molecule is COc1ccc(C)cc1-c1nc(Cl)c(CN)[nH]1. The van der Waals surface area contributed by atoms with E-state index in [4.69, 9.17) is 22.1 Å². The van der Waals surface area contributed by atoms with Crippen molar-refractivity contribution >= 4 is 11.6 Å². The van der Waals surface area contributed by atoms with E-state index in [0.29, 0.717) is 17.5 Å². The lowest BCUT2D eigenvalue weighted by molar-refractivity contribution is 0.416. The number of nitrogens with two attached hydrogens (primary N) is 1. The third-order valence-corrected chi connectivity index (χ3v) is 2.86. The average Bonchev–Trinajstić information content (AvgIpc) is 2.70. The molecule has 5 heteroatoms. The van der Waals surface area contributed by atoms with Gasteiger partial charge < -0.3 is 15.5 Å². The number of aromatic amines is 1. The van der Waals surface area contributed by atoms with E-state index in [-0.39, 0.29) is 0 Å². The van der Waals surface area contributed by atoms with E-state index in [1.54, 1.807) is 7.11 Å². The van der Waals surface area contributed by atoms with Crippen LogP contribution in [-0.2, 0) is 6.54 Å². The van der Waals surface area contributed by atoms with Crippen molar-refractivity contribution in [3.63, 3.8) is 0 Å². The van der Waals surface area contributed by atoms with Crippen LogP contribution < -0.4 is 10.5 Å². The standard InChI is InChI=1S/C12H14ClN3O/c1-7-3-4-10(17-2)8(5-7)12-15-9(6-14)11(13)16-12/h3-5H,6,14H2,1-2H3,(H,15,16). The van der Waals surface area contributed by atoms with E-state index in [1.165, 1.54) is 0 Å². The van der Waals surface area contributed by atoms with E-state index in [0.717, 1.165) is 22.6 Å². The Morgan fingerprint density at radius 2 is 2.24 bits per heavy atom. The molecule has 2 aromatic rings. The molecule has 2 rings (SSSR count). The third-order valence-electron chi connectivity index (χ3n) is 2.54. The zero-order valence-electron chi connectivity index (χ0n) is 9.75. The summed E-state index contributed by atoms with van der Waals surface area (Å²) in [6.07, 6.45) is 0. The summed E-state index contributed by atoms with van der Waals surface area (Å²) >= 11 is 5.97. The number of methoxy groups -OCH3 is 1. The van der Waals surface area contributed by atoms with Crippen LogP contribution in [0.4, 0.5) is 0 Å². The first-order valence-corrected chi connectivity index (χ1v) is 5.63. The van der Waals surface area contributed by atoms with E-state index < -0.39 is 0 Å². The van der Waals surface area contributed by atoms with Crippen molar-refractivity contribution in [3.8, 4) is 17.1 Å². The van der Waals surface area contributed by atoms with Crippen LogP contribution >= 0.6 is 11.6 Å². The van der Waals surface area contributed by atoms with Crippen molar-refractivity contribution in [3.05, 3.63) is 34.6 Å². The Bertz CT molecular complexity index is 537. The lowest BCUT2D eigenvalue weighted by Crippen LogP contribution is -1.97. The second kappa shape index (κ2) is 4.77. The highest BCUT2D eigenvalue weighted by Gasteiger charge is 2.12. The van der Waals surface area contributed by atoms with Gasteiger partial charge >= 0.3 is 0 Å². The molecule has 0 spiro atoms. The van der Waals surface area contributed by atoms with E-state index in [9.17, 15) is 0 Å². The fraction of sp³-hybridized carbons (Fsp3) is 0.250. The fourth-order valence-electron chi connectivity index (χ4n) is 1.66. The van der Waals surface area contributed by atoms with Crippen molar-refractivity contribution in [1.29, 1.82) is 0 Å². The topological polar surface area (TPSA) is 63.9 Å². The molecule has 0 aliphatic heterocycles. The van der Waals surface area contributed by atoms with Crippen LogP contribution in [0.3, 0.4) is 0 Å². The Hall–Kier alpha value is -1.52. The van der Waals surface area contributed by atoms with Gasteiger partial charge in [0.2, 0.25) is 0 Å². The monoisotopic (exact) mass is 251 g/mol. The molecule has 4 nitrogen and oxygen atoms in total. The second-order valence-corrected chi connectivity index (χ2v) is 4.12. The molecule has 0 atom stereocenters. The molecule has 0 amide bonds. The molecule has 17 heavy (non-hydrogen) atoms. The molecule has 1 aromatic carbocycles. The quantitative estimate of drug-likeness (QED) is 0.881. The predicted molar refractivity (Wildman–Crippen MR) is 68.2 cm³/mol. The number of aromatic nitrogens is 2. The van der Waals surface area contributed by atoms with Crippen molar-refractivity contribution in [1.82, 2.24) is 9.97 Å². The number of hydrogen-bond acceptors (Lipinski definition) is 3. The minimum Gasteiger partial charge on any atom is -0.496 e. The molecule has 90 valence electrons. The van der Waals surface area contributed by atoms with Gasteiger partial charge in [0.25, 0.3) is 0 Å². The van der Waals surface area contributed by atoms with Crippen molar-refractivity contribution in [2.45, 2.75) is 13.5 Å². The minimum absolute atomic E-state index is 0.333. The zero-order chi connectivity index (χ0) is 12.4. The molecule has 0 saturated heterocycles. The summed E-state index contributed by atoms with van der Waals surface area (Å²) in [5, 5.41) is 0.408. The summed E-state index contributed by atoms with van der Waals surface area (Å²) in [7, 11) is 1.63. The number of nitrogens with zero attached hydrogens (tertiary/aromatic N) is 1. The maximum Gasteiger partial charge on any atom is 0.152 e. The van der Waals surface area contributed by atoms with Crippen molar-refractivity contribution < 1.29 is 4.74 Å². The molecule has 0 aliphatic carbocycles. The number of halogens is 1. The first kappa shape index (κ1) is 12.0. The average molecular weight is 252 g/mol. The van der Waals surface area contributed by atoms with Gasteiger partial charge in [0, 0.05) is 6.54 Å². The number of aryl methyl sites for hydroxylation is 1. The number of H-pyrrole nitrogens is 1. The van der Waals surface area contributed by atoms with Gasteiger partial charge in [-0.3, -0.25) is 0 Å². The Labute approximate surface area is 105 Å². The van der Waals surface area contributed by atoms with Gasteiger partial charge in [0.15, 0.2) is 5.15 Å². The highest BCUT2D eigenvalue weighted by atomic mass is 35.5. The van der Waals surface area contributed by atoms with Crippen LogP contribution in [0.5, 0.6) is 5.75 Å². The molecule has 1 aromatic heterocycles. The summed E-state index contributed by atoms with van der Waals surface area (Å²) < 4.78 is 5.30. The van der Waals surface area contributed by atoms with Crippen LogP contribution in [0.15, 0.2) is 18.2 Å². The molecule has 0 saturated carbocycles. The first-order valence-electron chi connectivity index (χ1n) is 5.25. The van der Waals surface area contributed by atoms with Gasteiger partial charge in [0.1, 0.15) is 11.6 Å². The first-order chi connectivity index (χ1) is 8.15. The number of imidazole rings is 1. The number of benzene rings is 1. The van der Waals surface area contributed by atoms with E-state index in [2.05, 4.69) is 9.97 Å². The Morgan fingerprint density at radius 1 is 1.47 bits per heavy atom. The van der Waals surface area contributed by atoms with Crippen molar-refractivity contribution in [2.24, 2.45) is 5.73 Å². The number of ether oxygens (including phenoxy) is 1. The van der Waals surface area contributed by atoms with Crippen LogP contribution in [0.25, 0.3) is 11.4 Å². The number of rotatable bonds is 3. The largest absolute Gasteiger partial charge is 0.496 e. The summed E-state index contributed by atoms with van der Waals surface area (Å²) in [5.41, 5.74) is 8.29. The number of nitrogens with one attached hydrogen (secondary N) is 1. The van der Waals surface area contributed by atoms with Crippen LogP contribution in [0.1, 0.15) is 11.3 Å². The van der Waals surface area contributed by atoms with E-state index >= 15 is 0 Å². The van der Waals surface area contributed by atoms with Gasteiger partial charge in [-0.1, -0.05) is 23.2 Å². The molecular formula is C12H14ClN3O. The third kappa shape index (κ3) is 2.28. The Kier molecular flexibility index (Phi) is 3.36. The summed E-state index contributed by atoms with van der Waals surface area (Å²) in [4.78, 5) is 7.35. The van der Waals surface area contributed by atoms with Crippen molar-refractivity contribution in [2.75, 3.05) is 7.11 Å². The predicted octanol–water partition coefficient (Wildman–Crippen LogP) is 2.51. The Balaban J connectivity index is 2.54. The number of hydrogen-bond donors (Lipinski definition) is 2. The van der Waals surface area contributed by atoms with E-state index in [1.807, 2.05) is 25.1 Å². The maximum atomic E-state index is 5.97. The van der Waals surface area contributed by atoms with Gasteiger partial charge in [-0.2, -0.15) is 0 Å². The van der Waals surface area contributed by atoms with Crippen LogP contribution in [-0.4, -0.2) is 17.1 Å². The maximum absolute atomic E-state index is 5.97. The molecular weight excluding hydrogens is 238 g/mol. The fourth-order valence-corrected chi connectivity index (χ4v) is 1.87.